The average Bonchev–Trinajstić information content (AvgIpc) is 3.10. The fourth-order valence-corrected chi connectivity index (χ4v) is 2.69. The van der Waals surface area contributed by atoms with Crippen LogP contribution < -0.4 is 5.32 Å². The fourth-order valence-electron chi connectivity index (χ4n) is 2.07. The van der Waals surface area contributed by atoms with Crippen LogP contribution in [0.25, 0.3) is 5.69 Å². The summed E-state index contributed by atoms with van der Waals surface area (Å²) in [5.41, 5.74) is 2.12. The quantitative estimate of drug-likeness (QED) is 0.781. The van der Waals surface area contributed by atoms with E-state index in [9.17, 15) is 0 Å². The van der Waals surface area contributed by atoms with Crippen LogP contribution in [0.5, 0.6) is 0 Å². The summed E-state index contributed by atoms with van der Waals surface area (Å²) in [7, 11) is 0. The van der Waals surface area contributed by atoms with E-state index in [1.54, 1.807) is 11.3 Å². The molecule has 1 N–H and O–H groups in total. The van der Waals surface area contributed by atoms with Crippen molar-refractivity contribution in [3.05, 3.63) is 58.8 Å². The molecule has 0 bridgehead atoms. The summed E-state index contributed by atoms with van der Waals surface area (Å²) < 4.78 is 2.08. The summed E-state index contributed by atoms with van der Waals surface area (Å²) in [4.78, 5) is 8.83. The molecule has 0 atom stereocenters. The highest BCUT2D eigenvalue weighted by molar-refractivity contribution is 7.09. The van der Waals surface area contributed by atoms with Crippen molar-refractivity contribution in [2.75, 3.05) is 11.9 Å². The minimum Gasteiger partial charge on any atom is -0.355 e. The lowest BCUT2D eigenvalue weighted by Gasteiger charge is -2.09. The van der Waals surface area contributed by atoms with Gasteiger partial charge in [0.05, 0.1) is 10.7 Å². The first-order chi connectivity index (χ1) is 9.83. The number of benzene rings is 1. The maximum Gasteiger partial charge on any atom is 0.207 e. The first-order valence-corrected chi connectivity index (χ1v) is 7.44. The Kier molecular flexibility index (Phi) is 3.78. The zero-order valence-corrected chi connectivity index (χ0v) is 12.1. The Bertz CT molecular complexity index is 659. The van der Waals surface area contributed by atoms with Crippen LogP contribution in [0.3, 0.4) is 0 Å². The smallest absolute Gasteiger partial charge is 0.207 e. The van der Waals surface area contributed by atoms with Crippen molar-refractivity contribution in [3.63, 3.8) is 0 Å². The van der Waals surface area contributed by atoms with Gasteiger partial charge in [0.15, 0.2) is 0 Å². The van der Waals surface area contributed by atoms with Crippen molar-refractivity contribution in [3.8, 4) is 5.69 Å². The average molecular weight is 284 g/mol. The van der Waals surface area contributed by atoms with E-state index in [4.69, 9.17) is 0 Å². The number of hydrogen-bond acceptors (Lipinski definition) is 4. The molecule has 1 aromatic carbocycles. The molecule has 2 heterocycles. The van der Waals surface area contributed by atoms with Gasteiger partial charge in [0.2, 0.25) is 5.95 Å². The molecule has 0 aliphatic carbocycles. The van der Waals surface area contributed by atoms with Gasteiger partial charge < -0.3 is 5.32 Å². The standard InChI is InChI=1S/C15H16N4S/c1-12-11-19(13-5-3-2-4-6-13)15(18-12)17-8-7-14-16-9-10-20-14/h2-6,9-11H,7-8H2,1H3,(H,17,18). The van der Waals surface area contributed by atoms with Gasteiger partial charge in [-0.1, -0.05) is 18.2 Å². The Morgan fingerprint density at radius 3 is 2.85 bits per heavy atom. The summed E-state index contributed by atoms with van der Waals surface area (Å²) in [6.45, 7) is 2.84. The van der Waals surface area contributed by atoms with Crippen LogP contribution in [0.15, 0.2) is 48.1 Å². The minimum atomic E-state index is 0.830. The molecule has 0 saturated carbocycles. The number of imidazole rings is 1. The van der Waals surface area contributed by atoms with Gasteiger partial charge in [0, 0.05) is 36.4 Å². The molecule has 2 aromatic heterocycles. The van der Waals surface area contributed by atoms with Gasteiger partial charge in [0.25, 0.3) is 0 Å². The van der Waals surface area contributed by atoms with Crippen molar-refractivity contribution in [2.45, 2.75) is 13.3 Å². The number of aryl methyl sites for hydroxylation is 1. The maximum atomic E-state index is 4.54. The number of thiazole rings is 1. The van der Waals surface area contributed by atoms with Crippen molar-refractivity contribution in [1.29, 1.82) is 0 Å². The minimum absolute atomic E-state index is 0.830. The molecule has 0 amide bonds. The van der Waals surface area contributed by atoms with E-state index in [0.717, 1.165) is 35.3 Å². The van der Waals surface area contributed by atoms with Gasteiger partial charge in [-0.3, -0.25) is 4.57 Å². The van der Waals surface area contributed by atoms with Gasteiger partial charge in [-0.2, -0.15) is 0 Å². The molecule has 20 heavy (non-hydrogen) atoms. The third-order valence-corrected chi connectivity index (χ3v) is 3.81. The normalized spacial score (nSPS) is 10.7. The molecule has 0 aliphatic rings. The SMILES string of the molecule is Cc1cn(-c2ccccc2)c(NCCc2nccs2)n1. The number of aromatic nitrogens is 3. The summed E-state index contributed by atoms with van der Waals surface area (Å²) in [6.07, 6.45) is 4.80. The van der Waals surface area contributed by atoms with Gasteiger partial charge in [-0.15, -0.1) is 11.3 Å². The van der Waals surface area contributed by atoms with E-state index in [0.29, 0.717) is 0 Å². The molecule has 5 heteroatoms. The largest absolute Gasteiger partial charge is 0.355 e. The summed E-state index contributed by atoms with van der Waals surface area (Å²) in [6, 6.07) is 10.2. The first-order valence-electron chi connectivity index (χ1n) is 6.56. The van der Waals surface area contributed by atoms with Crippen LogP contribution >= 0.6 is 11.3 Å². The first kappa shape index (κ1) is 12.9. The van der Waals surface area contributed by atoms with Gasteiger partial charge >= 0.3 is 0 Å². The third-order valence-electron chi connectivity index (χ3n) is 2.97. The molecular formula is C15H16N4S. The maximum absolute atomic E-state index is 4.54. The van der Waals surface area contributed by atoms with Crippen LogP contribution in [0.4, 0.5) is 5.95 Å². The van der Waals surface area contributed by atoms with Crippen molar-refractivity contribution >= 4 is 17.3 Å². The van der Waals surface area contributed by atoms with Gasteiger partial charge in [-0.05, 0) is 19.1 Å². The molecule has 3 rings (SSSR count). The lowest BCUT2D eigenvalue weighted by atomic mass is 10.3. The number of nitrogens with one attached hydrogen (secondary N) is 1. The number of rotatable bonds is 5. The molecule has 0 spiro atoms. The molecule has 0 unspecified atom stereocenters. The lowest BCUT2D eigenvalue weighted by Crippen LogP contribution is -2.09. The predicted octanol–water partition coefficient (Wildman–Crippen LogP) is 3.29. The van der Waals surface area contributed by atoms with E-state index in [2.05, 4.69) is 32.0 Å². The lowest BCUT2D eigenvalue weighted by molar-refractivity contribution is 0.951. The van der Waals surface area contributed by atoms with E-state index >= 15 is 0 Å². The van der Waals surface area contributed by atoms with E-state index < -0.39 is 0 Å². The van der Waals surface area contributed by atoms with Crippen LogP contribution in [-0.4, -0.2) is 21.1 Å². The molecule has 0 fully saturated rings. The van der Waals surface area contributed by atoms with Crippen LogP contribution in [0, 0.1) is 6.92 Å². The second kappa shape index (κ2) is 5.88. The van der Waals surface area contributed by atoms with Crippen molar-refractivity contribution in [2.24, 2.45) is 0 Å². The molecule has 4 nitrogen and oxygen atoms in total. The van der Waals surface area contributed by atoms with Crippen LogP contribution in [-0.2, 0) is 6.42 Å². The predicted molar refractivity (Wildman–Crippen MR) is 82.6 cm³/mol. The third kappa shape index (κ3) is 2.88. The van der Waals surface area contributed by atoms with Crippen molar-refractivity contribution < 1.29 is 0 Å². The molecule has 0 radical (unpaired) electrons. The van der Waals surface area contributed by atoms with E-state index in [1.807, 2.05) is 42.9 Å². The van der Waals surface area contributed by atoms with Gasteiger partial charge in [-0.25, -0.2) is 9.97 Å². The van der Waals surface area contributed by atoms with Crippen LogP contribution in [0.2, 0.25) is 0 Å². The highest BCUT2D eigenvalue weighted by atomic mass is 32.1. The van der Waals surface area contributed by atoms with E-state index in [-0.39, 0.29) is 0 Å². The summed E-state index contributed by atoms with van der Waals surface area (Å²) in [5, 5.41) is 6.54. The summed E-state index contributed by atoms with van der Waals surface area (Å²) >= 11 is 1.69. The number of para-hydroxylation sites is 1. The van der Waals surface area contributed by atoms with Crippen molar-refractivity contribution in [1.82, 2.24) is 14.5 Å². The Balaban J connectivity index is 1.73. The molecule has 102 valence electrons. The second-order valence-corrected chi connectivity index (χ2v) is 5.49. The Labute approximate surface area is 122 Å². The number of hydrogen-bond donors (Lipinski definition) is 1. The highest BCUT2D eigenvalue weighted by Gasteiger charge is 2.07. The molecule has 0 saturated heterocycles. The Morgan fingerprint density at radius 1 is 1.25 bits per heavy atom. The zero-order chi connectivity index (χ0) is 13.8. The van der Waals surface area contributed by atoms with E-state index in [1.165, 1.54) is 0 Å². The summed E-state index contributed by atoms with van der Waals surface area (Å²) in [5.74, 6) is 0.880. The molecule has 0 aliphatic heterocycles. The zero-order valence-electron chi connectivity index (χ0n) is 11.3. The number of nitrogens with zero attached hydrogens (tertiary/aromatic N) is 3. The molecular weight excluding hydrogens is 268 g/mol. The monoisotopic (exact) mass is 284 g/mol. The van der Waals surface area contributed by atoms with Crippen LogP contribution in [0.1, 0.15) is 10.7 Å². The second-order valence-electron chi connectivity index (χ2n) is 4.51. The van der Waals surface area contributed by atoms with Gasteiger partial charge in [0.1, 0.15) is 0 Å². The topological polar surface area (TPSA) is 42.7 Å². The Morgan fingerprint density at radius 2 is 2.10 bits per heavy atom. The number of anilines is 1. The fraction of sp³-hybridized carbons (Fsp3) is 0.200. The highest BCUT2D eigenvalue weighted by Crippen LogP contribution is 2.16. The Hall–Kier alpha value is -2.14. The molecule has 3 aromatic rings.